The molecule has 0 saturated heterocycles. The van der Waals surface area contributed by atoms with Crippen molar-refractivity contribution in [2.45, 2.75) is 13.0 Å². The van der Waals surface area contributed by atoms with Crippen molar-refractivity contribution in [1.29, 1.82) is 5.26 Å². The van der Waals surface area contributed by atoms with E-state index >= 15 is 0 Å². The summed E-state index contributed by atoms with van der Waals surface area (Å²) in [6.45, 7) is 1.93. The van der Waals surface area contributed by atoms with Crippen LogP contribution >= 0.6 is 15.9 Å². The van der Waals surface area contributed by atoms with Gasteiger partial charge in [0.25, 0.3) is 5.91 Å². The van der Waals surface area contributed by atoms with E-state index in [9.17, 15) is 4.79 Å². The number of benzene rings is 2. The Morgan fingerprint density at radius 2 is 1.95 bits per heavy atom. The van der Waals surface area contributed by atoms with Crippen LogP contribution in [0, 0.1) is 11.3 Å². The molecule has 0 unspecified atom stereocenters. The quantitative estimate of drug-likeness (QED) is 0.931. The zero-order valence-corrected chi connectivity index (χ0v) is 12.5. The normalized spacial score (nSPS) is 11.4. The minimum atomic E-state index is -0.151. The molecule has 0 heterocycles. The lowest BCUT2D eigenvalue weighted by Gasteiger charge is -2.14. The fourth-order valence-electron chi connectivity index (χ4n) is 1.84. The van der Waals surface area contributed by atoms with Crippen LogP contribution in [0.1, 0.15) is 34.5 Å². The third kappa shape index (κ3) is 3.46. The summed E-state index contributed by atoms with van der Waals surface area (Å²) in [5.74, 6) is -0.151. The van der Waals surface area contributed by atoms with E-state index in [4.69, 9.17) is 5.26 Å². The van der Waals surface area contributed by atoms with Crippen molar-refractivity contribution in [3.63, 3.8) is 0 Å². The Balaban J connectivity index is 2.09. The molecule has 0 spiro atoms. The number of nitrogens with one attached hydrogen (secondary N) is 1. The van der Waals surface area contributed by atoms with Gasteiger partial charge in [-0.1, -0.05) is 28.1 Å². The Morgan fingerprint density at radius 3 is 2.55 bits per heavy atom. The van der Waals surface area contributed by atoms with Crippen molar-refractivity contribution < 1.29 is 4.79 Å². The maximum Gasteiger partial charge on any atom is 0.251 e. The second-order valence-corrected chi connectivity index (χ2v) is 5.35. The van der Waals surface area contributed by atoms with Crippen molar-refractivity contribution in [3.8, 4) is 6.07 Å². The number of carbonyl (C=O) groups is 1. The highest BCUT2D eigenvalue weighted by molar-refractivity contribution is 9.10. The van der Waals surface area contributed by atoms with Crippen LogP contribution in [-0.2, 0) is 0 Å². The van der Waals surface area contributed by atoms with Crippen LogP contribution in [0.15, 0.2) is 53.0 Å². The second-order valence-electron chi connectivity index (χ2n) is 4.44. The highest BCUT2D eigenvalue weighted by atomic mass is 79.9. The first-order chi connectivity index (χ1) is 9.60. The largest absolute Gasteiger partial charge is 0.346 e. The van der Waals surface area contributed by atoms with E-state index in [0.717, 1.165) is 10.0 Å². The molecule has 2 aromatic rings. The summed E-state index contributed by atoms with van der Waals surface area (Å²) >= 11 is 3.41. The zero-order valence-electron chi connectivity index (χ0n) is 10.9. The maximum atomic E-state index is 12.1. The molecule has 0 aromatic heterocycles. The van der Waals surface area contributed by atoms with E-state index < -0.39 is 0 Å². The van der Waals surface area contributed by atoms with Crippen molar-refractivity contribution >= 4 is 21.8 Å². The predicted molar refractivity (Wildman–Crippen MR) is 81.2 cm³/mol. The topological polar surface area (TPSA) is 52.9 Å². The van der Waals surface area contributed by atoms with Crippen LogP contribution in [0.25, 0.3) is 0 Å². The number of hydrogen-bond acceptors (Lipinski definition) is 2. The molecule has 0 aliphatic carbocycles. The number of nitrogens with zero attached hydrogens (tertiary/aromatic N) is 1. The van der Waals surface area contributed by atoms with Crippen LogP contribution in [0.5, 0.6) is 0 Å². The van der Waals surface area contributed by atoms with Gasteiger partial charge in [0.05, 0.1) is 17.7 Å². The van der Waals surface area contributed by atoms with Gasteiger partial charge < -0.3 is 5.32 Å². The van der Waals surface area contributed by atoms with Crippen molar-refractivity contribution in [3.05, 3.63) is 69.7 Å². The summed E-state index contributed by atoms with van der Waals surface area (Å²) < 4.78 is 0.981. The molecule has 1 atom stereocenters. The van der Waals surface area contributed by atoms with Crippen LogP contribution in [0.3, 0.4) is 0 Å². The molecule has 100 valence electrons. The molecule has 1 amide bonds. The number of nitriles is 1. The molecular weight excluding hydrogens is 316 g/mol. The SMILES string of the molecule is C[C@H](NC(=O)c1ccc(C#N)cc1)c1cccc(Br)c1. The van der Waals surface area contributed by atoms with E-state index in [1.54, 1.807) is 24.3 Å². The molecule has 0 aliphatic rings. The number of carbonyl (C=O) groups excluding carboxylic acids is 1. The highest BCUT2D eigenvalue weighted by Gasteiger charge is 2.11. The van der Waals surface area contributed by atoms with Gasteiger partial charge in [-0.2, -0.15) is 5.26 Å². The van der Waals surface area contributed by atoms with E-state index in [2.05, 4.69) is 21.2 Å². The van der Waals surface area contributed by atoms with E-state index in [-0.39, 0.29) is 11.9 Å². The molecule has 2 aromatic carbocycles. The van der Waals surface area contributed by atoms with Gasteiger partial charge in [-0.15, -0.1) is 0 Å². The number of hydrogen-bond donors (Lipinski definition) is 1. The van der Waals surface area contributed by atoms with Crippen LogP contribution in [0.2, 0.25) is 0 Å². The average molecular weight is 329 g/mol. The number of halogens is 1. The molecule has 20 heavy (non-hydrogen) atoms. The molecule has 0 fully saturated rings. The van der Waals surface area contributed by atoms with Gasteiger partial charge in [-0.05, 0) is 48.9 Å². The third-order valence-corrected chi connectivity index (χ3v) is 3.47. The number of amides is 1. The standard InChI is InChI=1S/C16H13BrN2O/c1-11(14-3-2-4-15(17)9-14)19-16(20)13-7-5-12(10-18)6-8-13/h2-9,11H,1H3,(H,19,20)/t11-/m0/s1. The van der Waals surface area contributed by atoms with Gasteiger partial charge >= 0.3 is 0 Å². The maximum absolute atomic E-state index is 12.1. The molecule has 4 heteroatoms. The first-order valence-corrected chi connectivity index (χ1v) is 6.96. The number of rotatable bonds is 3. The molecule has 3 nitrogen and oxygen atoms in total. The molecule has 0 bridgehead atoms. The smallest absolute Gasteiger partial charge is 0.251 e. The molecule has 0 radical (unpaired) electrons. The van der Waals surface area contributed by atoms with Crippen molar-refractivity contribution in [2.24, 2.45) is 0 Å². The van der Waals surface area contributed by atoms with E-state index in [0.29, 0.717) is 11.1 Å². The minimum absolute atomic E-state index is 0.0874. The van der Waals surface area contributed by atoms with Gasteiger partial charge in [-0.3, -0.25) is 4.79 Å². The van der Waals surface area contributed by atoms with Gasteiger partial charge in [0.2, 0.25) is 0 Å². The van der Waals surface area contributed by atoms with Crippen molar-refractivity contribution in [1.82, 2.24) is 5.32 Å². The monoisotopic (exact) mass is 328 g/mol. The first-order valence-electron chi connectivity index (χ1n) is 6.16. The summed E-state index contributed by atoms with van der Waals surface area (Å²) in [4.78, 5) is 12.1. The van der Waals surface area contributed by atoms with Gasteiger partial charge in [0, 0.05) is 10.0 Å². The molecular formula is C16H13BrN2O. The predicted octanol–water partition coefficient (Wildman–Crippen LogP) is 3.81. The summed E-state index contributed by atoms with van der Waals surface area (Å²) in [6, 6.07) is 16.3. The molecule has 0 saturated carbocycles. The van der Waals surface area contributed by atoms with Crippen LogP contribution < -0.4 is 5.32 Å². The fraction of sp³-hybridized carbons (Fsp3) is 0.125. The fourth-order valence-corrected chi connectivity index (χ4v) is 2.25. The molecule has 2 rings (SSSR count). The Morgan fingerprint density at radius 1 is 1.25 bits per heavy atom. The Labute approximate surface area is 126 Å². The Bertz CT molecular complexity index is 659. The molecule has 1 N–H and O–H groups in total. The summed E-state index contributed by atoms with van der Waals surface area (Å²) in [6.07, 6.45) is 0. The van der Waals surface area contributed by atoms with E-state index in [1.807, 2.05) is 37.3 Å². The molecule has 0 aliphatic heterocycles. The van der Waals surface area contributed by atoms with Crippen LogP contribution in [0.4, 0.5) is 0 Å². The average Bonchev–Trinajstić information content (AvgIpc) is 2.47. The van der Waals surface area contributed by atoms with Gasteiger partial charge in [0.1, 0.15) is 0 Å². The van der Waals surface area contributed by atoms with Crippen LogP contribution in [-0.4, -0.2) is 5.91 Å². The van der Waals surface area contributed by atoms with Crippen molar-refractivity contribution in [2.75, 3.05) is 0 Å². The Kier molecular flexibility index (Phi) is 4.54. The zero-order chi connectivity index (χ0) is 14.5. The highest BCUT2D eigenvalue weighted by Crippen LogP contribution is 2.18. The minimum Gasteiger partial charge on any atom is -0.346 e. The third-order valence-electron chi connectivity index (χ3n) is 2.97. The second kappa shape index (κ2) is 6.36. The Hall–Kier alpha value is -2.12. The lowest BCUT2D eigenvalue weighted by Crippen LogP contribution is -2.26. The lowest BCUT2D eigenvalue weighted by atomic mass is 10.1. The van der Waals surface area contributed by atoms with E-state index in [1.165, 1.54) is 0 Å². The summed E-state index contributed by atoms with van der Waals surface area (Å²) in [5.41, 5.74) is 2.12. The van der Waals surface area contributed by atoms with Gasteiger partial charge in [-0.25, -0.2) is 0 Å². The first kappa shape index (κ1) is 14.3. The summed E-state index contributed by atoms with van der Waals surface area (Å²) in [7, 11) is 0. The van der Waals surface area contributed by atoms with Gasteiger partial charge in [0.15, 0.2) is 0 Å². The lowest BCUT2D eigenvalue weighted by molar-refractivity contribution is 0.0940. The summed E-state index contributed by atoms with van der Waals surface area (Å²) in [5, 5.41) is 11.7.